The second-order valence-corrected chi connectivity index (χ2v) is 26.3. The second kappa shape index (κ2) is 48.2. The first-order valence-corrected chi connectivity index (χ1v) is 35.2. The van der Waals surface area contributed by atoms with Crippen molar-refractivity contribution in [2.75, 3.05) is 26.2 Å². The third kappa shape index (κ3) is 35.1. The molecule has 37 nitrogen and oxygen atoms in total. The molecular weight excluding hydrogens is 1380 g/mol. The third-order valence-corrected chi connectivity index (χ3v) is 16.8. The van der Waals surface area contributed by atoms with Crippen LogP contribution in [0.1, 0.15) is 143 Å². The van der Waals surface area contributed by atoms with E-state index in [0.29, 0.717) is 17.5 Å². The summed E-state index contributed by atoms with van der Waals surface area (Å²) in [6.07, 6.45) is -1.73. The van der Waals surface area contributed by atoms with Crippen molar-refractivity contribution in [2.45, 2.75) is 211 Å². The molecule has 2 rings (SSSR count). The van der Waals surface area contributed by atoms with E-state index in [1.54, 1.807) is 88.4 Å². The van der Waals surface area contributed by atoms with Crippen LogP contribution in [-0.4, -0.2) is 198 Å². The van der Waals surface area contributed by atoms with Crippen LogP contribution in [0.15, 0.2) is 65.7 Å². The Kier molecular flexibility index (Phi) is 41.5. The number of hydrogen-bond donors (Lipinski definition) is 20. The highest BCUT2D eigenvalue weighted by Crippen LogP contribution is 2.15. The fraction of sp³-hybridized carbons (Fsp3) is 0.580. The van der Waals surface area contributed by atoms with Gasteiger partial charge in [0, 0.05) is 39.2 Å². The van der Waals surface area contributed by atoms with Crippen molar-refractivity contribution < 1.29 is 81.8 Å². The molecule has 0 aliphatic rings. The maximum Gasteiger partial charge on any atom is 0.303 e. The number of unbranched alkanes of at least 4 members (excludes halogenated alkanes) is 1. The van der Waals surface area contributed by atoms with E-state index in [0.717, 1.165) is 0 Å². The van der Waals surface area contributed by atoms with Gasteiger partial charge in [-0.25, -0.2) is 0 Å². The summed E-state index contributed by atoms with van der Waals surface area (Å²) in [5.41, 5.74) is 39.9. The fourth-order valence-electron chi connectivity index (χ4n) is 10.7. The van der Waals surface area contributed by atoms with Crippen molar-refractivity contribution in [1.29, 1.82) is 0 Å². The Bertz CT molecular complexity index is 3320. The van der Waals surface area contributed by atoms with Crippen LogP contribution in [0.25, 0.3) is 0 Å². The first-order chi connectivity index (χ1) is 50.0. The SMILES string of the molecule is CC[C@H](C)[C@H](NC(=O)[C@H](CCC(=O)O)NC(=O)[C@H](CCCCN)NC(=O)CNC(=O)[C@H](CC(N)=O)NC(=O)[C@@H](NC(=O)[C@H](CCCN)NC(=O)[C@@H](NC(=O)[C@H](Cc1ccccc1)NC(=O)[C@H](CCCN=C(N)N)NC(C)=O)C(C)C)C(C)C)C(=O)N[C@@H](Cc1ccccc1)C(=O)N[C@@H](CCC(N)=O)C(N)=O. The summed E-state index contributed by atoms with van der Waals surface area (Å²) in [6.45, 7) is 10.2. The molecule has 588 valence electrons. The highest BCUT2D eigenvalue weighted by atomic mass is 16.4. The first kappa shape index (κ1) is 91.2. The van der Waals surface area contributed by atoms with Gasteiger partial charge in [-0.05, 0) is 99.8 Å². The van der Waals surface area contributed by atoms with Crippen LogP contribution in [0.3, 0.4) is 0 Å². The molecule has 0 radical (unpaired) electrons. The van der Waals surface area contributed by atoms with Crippen molar-refractivity contribution in [3.63, 3.8) is 0 Å². The smallest absolute Gasteiger partial charge is 0.303 e. The number of benzene rings is 2. The molecule has 37 heteroatoms. The summed E-state index contributed by atoms with van der Waals surface area (Å²) in [6, 6.07) is 1.19. The quantitative estimate of drug-likeness (QED) is 0.0167. The lowest BCUT2D eigenvalue weighted by molar-refractivity contribution is -0.139. The molecule has 0 unspecified atom stereocenters. The van der Waals surface area contributed by atoms with Crippen LogP contribution in [-0.2, 0) is 89.6 Å². The summed E-state index contributed by atoms with van der Waals surface area (Å²) in [7, 11) is 0. The molecule has 15 amide bonds. The molecule has 12 atom stereocenters. The summed E-state index contributed by atoms with van der Waals surface area (Å²) in [5, 5.41) is 40.1. The number of aliphatic imine (C=N–C) groups is 1. The third-order valence-electron chi connectivity index (χ3n) is 16.8. The molecule has 0 heterocycles. The van der Waals surface area contributed by atoms with Crippen molar-refractivity contribution in [3.8, 4) is 0 Å². The van der Waals surface area contributed by atoms with E-state index >= 15 is 0 Å². The van der Waals surface area contributed by atoms with E-state index in [4.69, 9.17) is 40.1 Å². The molecule has 0 spiro atoms. The predicted molar refractivity (Wildman–Crippen MR) is 389 cm³/mol. The molecular formula is C69H110N20O17. The van der Waals surface area contributed by atoms with E-state index in [9.17, 15) is 81.8 Å². The molecule has 0 aliphatic carbocycles. The van der Waals surface area contributed by atoms with Crippen molar-refractivity contribution in [3.05, 3.63) is 71.8 Å². The highest BCUT2D eigenvalue weighted by Gasteiger charge is 2.38. The lowest BCUT2D eigenvalue weighted by atomic mass is 9.96. The number of hydrogen-bond acceptors (Lipinski definition) is 19. The van der Waals surface area contributed by atoms with Gasteiger partial charge in [0.1, 0.15) is 66.5 Å². The summed E-state index contributed by atoms with van der Waals surface area (Å²) in [4.78, 5) is 219. The number of carbonyl (C=O) groups is 16. The zero-order valence-corrected chi connectivity index (χ0v) is 61.3. The monoisotopic (exact) mass is 1490 g/mol. The molecule has 0 saturated carbocycles. The predicted octanol–water partition coefficient (Wildman–Crippen LogP) is -5.29. The van der Waals surface area contributed by atoms with Gasteiger partial charge in [0.15, 0.2) is 5.96 Å². The minimum absolute atomic E-state index is 0.0463. The van der Waals surface area contributed by atoms with E-state index < -0.39 is 205 Å². The molecule has 106 heavy (non-hydrogen) atoms. The average molecular weight is 1490 g/mol. The fourth-order valence-corrected chi connectivity index (χ4v) is 10.7. The van der Waals surface area contributed by atoms with E-state index in [1.165, 1.54) is 20.8 Å². The summed E-state index contributed by atoms with van der Waals surface area (Å²) >= 11 is 0. The Labute approximate surface area is 616 Å². The van der Waals surface area contributed by atoms with Crippen LogP contribution in [0.5, 0.6) is 0 Å². The van der Waals surface area contributed by atoms with Gasteiger partial charge < -0.3 is 109 Å². The molecule has 0 bridgehead atoms. The lowest BCUT2D eigenvalue weighted by Gasteiger charge is -2.29. The Morgan fingerprint density at radius 1 is 0.415 bits per heavy atom. The maximum atomic E-state index is 14.3. The molecule has 0 fully saturated rings. The first-order valence-electron chi connectivity index (χ1n) is 35.2. The summed E-state index contributed by atoms with van der Waals surface area (Å²) in [5.74, 6) is -17.3. The van der Waals surface area contributed by atoms with Crippen LogP contribution < -0.4 is 104 Å². The van der Waals surface area contributed by atoms with Gasteiger partial charge in [-0.2, -0.15) is 0 Å². The highest BCUT2D eigenvalue weighted by molar-refractivity contribution is 6.00. The van der Waals surface area contributed by atoms with Crippen LogP contribution >= 0.6 is 0 Å². The number of carboxylic acid groups (broad SMARTS) is 1. The number of carbonyl (C=O) groups excluding carboxylic acids is 15. The van der Waals surface area contributed by atoms with E-state index in [1.807, 2.05) is 0 Å². The molecule has 27 N–H and O–H groups in total. The second-order valence-electron chi connectivity index (χ2n) is 26.3. The van der Waals surface area contributed by atoms with Gasteiger partial charge in [-0.1, -0.05) is 109 Å². The Hall–Kier alpha value is -10.9. The number of guanidine groups is 1. The van der Waals surface area contributed by atoms with Crippen molar-refractivity contribution >= 4 is 101 Å². The van der Waals surface area contributed by atoms with E-state index in [-0.39, 0.29) is 96.2 Å². The number of nitrogens with one attached hydrogen (secondary N) is 12. The zero-order valence-electron chi connectivity index (χ0n) is 61.3. The summed E-state index contributed by atoms with van der Waals surface area (Å²) < 4.78 is 0. The van der Waals surface area contributed by atoms with Gasteiger partial charge in [0.2, 0.25) is 88.6 Å². The topological polar surface area (TPSA) is 632 Å². The van der Waals surface area contributed by atoms with Crippen molar-refractivity contribution in [2.24, 2.45) is 62.9 Å². The van der Waals surface area contributed by atoms with Gasteiger partial charge in [-0.3, -0.25) is 81.7 Å². The lowest BCUT2D eigenvalue weighted by Crippen LogP contribution is -2.61. The number of nitrogens with two attached hydrogens (primary N) is 7. The van der Waals surface area contributed by atoms with Crippen LogP contribution in [0, 0.1) is 17.8 Å². The van der Waals surface area contributed by atoms with E-state index in [2.05, 4.69) is 68.8 Å². The number of rotatable bonds is 51. The van der Waals surface area contributed by atoms with Gasteiger partial charge in [-0.15, -0.1) is 0 Å². The number of aliphatic carboxylic acids is 1. The molecule has 2 aromatic carbocycles. The zero-order chi connectivity index (χ0) is 79.8. The Morgan fingerprint density at radius 3 is 1.27 bits per heavy atom. The van der Waals surface area contributed by atoms with Crippen molar-refractivity contribution in [1.82, 2.24) is 63.8 Å². The average Bonchev–Trinajstić information content (AvgIpc) is 0.846. The Balaban J connectivity index is 2.39. The minimum atomic E-state index is -1.79. The Morgan fingerprint density at radius 2 is 0.811 bits per heavy atom. The largest absolute Gasteiger partial charge is 0.481 e. The van der Waals surface area contributed by atoms with Gasteiger partial charge >= 0.3 is 5.97 Å². The number of carboxylic acids is 1. The molecule has 0 aliphatic heterocycles. The van der Waals surface area contributed by atoms with Crippen LogP contribution in [0.4, 0.5) is 0 Å². The van der Waals surface area contributed by atoms with Gasteiger partial charge in [0.05, 0.1) is 13.0 Å². The number of nitrogens with zero attached hydrogens (tertiary/aromatic N) is 1. The van der Waals surface area contributed by atoms with Crippen LogP contribution in [0.2, 0.25) is 0 Å². The standard InChI is InChI=1S/C69H110N20O17/c1-8-39(6)57(68(106)85-48(33-41-19-11-9-12-20-41)64(102)81-43(58(74)96)26-28-51(72)91)89-63(101)47(27-29-54(94)95)82-61(99)45(23-15-16-30-70)80-53(93)36-78-59(97)50(35-52(73)92)86-67(105)56(38(4)5)87-62(100)46(24-17-31-71)83-66(104)55(37(2)3)88-65(103)49(34-42-21-13-10-14-22-42)84-60(98)44(79-40(7)90)25-18-32-77-69(75)76/h9-14,19-22,37-39,43-50,55-57H,8,15-18,23-36,70-71H2,1-7H3,(H2,72,91)(H2,73,92)(H2,74,96)(H,78,97)(H,79,90)(H,80,93)(H,81,102)(H,82,99)(H,83,104)(H,84,98)(H,85,106)(H,86,105)(H,87,100)(H,88,103)(H,89,101)(H,94,95)(H4,75,76,77)/t39-,43-,44-,45-,46-,47-,48-,49-,50-,55-,56-,57-/m0/s1. The normalized spacial score (nSPS) is 14.4. The maximum absolute atomic E-state index is 14.3. The molecule has 0 saturated heterocycles. The minimum Gasteiger partial charge on any atom is -0.481 e. The number of primary amides is 3. The molecule has 2 aromatic rings. The number of amides is 15. The van der Waals surface area contributed by atoms with Gasteiger partial charge in [0.25, 0.3) is 0 Å². The molecule has 0 aromatic heterocycles.